The number of rotatable bonds is 4. The van der Waals surface area contributed by atoms with Gasteiger partial charge in [0.2, 0.25) is 10.0 Å². The van der Waals surface area contributed by atoms with Crippen molar-refractivity contribution in [1.82, 2.24) is 4.72 Å². The minimum atomic E-state index is -3.65. The molecule has 0 bridgehead atoms. The van der Waals surface area contributed by atoms with Crippen LogP contribution >= 0.6 is 0 Å². The number of carbonyl (C=O) groups excluding carboxylic acids is 1. The molecule has 1 aliphatic heterocycles. The number of carboxylic acid groups (broad SMARTS) is 1. The van der Waals surface area contributed by atoms with Crippen LogP contribution < -0.4 is 9.62 Å². The molecule has 1 aliphatic rings. The third-order valence-electron chi connectivity index (χ3n) is 5.22. The number of fused-ring (bicyclic) bond motifs is 1. The van der Waals surface area contributed by atoms with E-state index in [1.165, 1.54) is 0 Å². The molecule has 3 rings (SSSR count). The summed E-state index contributed by atoms with van der Waals surface area (Å²) in [4.78, 5) is 25.7. The average molecular weight is 416 g/mol. The predicted octanol–water partition coefficient (Wildman–Crippen LogP) is 2.83. The lowest BCUT2D eigenvalue weighted by Gasteiger charge is -2.47. The minimum Gasteiger partial charge on any atom is -0.478 e. The first-order valence-electron chi connectivity index (χ1n) is 9.10. The van der Waals surface area contributed by atoms with Gasteiger partial charge in [-0.25, -0.2) is 17.9 Å². The maximum Gasteiger partial charge on any atom is 0.335 e. The second kappa shape index (κ2) is 7.18. The highest BCUT2D eigenvalue weighted by atomic mass is 32.2. The summed E-state index contributed by atoms with van der Waals surface area (Å²) < 4.78 is 24.8. The lowest BCUT2D eigenvalue weighted by atomic mass is 9.71. The molecule has 1 amide bonds. The molecule has 8 heteroatoms. The molecule has 29 heavy (non-hydrogen) atoms. The Kier molecular flexibility index (Phi) is 5.17. The van der Waals surface area contributed by atoms with Crippen LogP contribution in [0.5, 0.6) is 0 Å². The number of carboxylic acids is 1. The van der Waals surface area contributed by atoms with E-state index in [0.29, 0.717) is 6.42 Å². The second-order valence-electron chi connectivity index (χ2n) is 8.16. The zero-order chi connectivity index (χ0) is 21.6. The fourth-order valence-corrected chi connectivity index (χ4v) is 4.66. The van der Waals surface area contributed by atoms with Gasteiger partial charge in [0, 0.05) is 18.3 Å². The highest BCUT2D eigenvalue weighted by molar-refractivity contribution is 7.89. The number of carbonyl (C=O) groups is 2. The number of aromatic carboxylic acids is 1. The number of sulfonamides is 1. The molecule has 1 heterocycles. The predicted molar refractivity (Wildman–Crippen MR) is 111 cm³/mol. The van der Waals surface area contributed by atoms with Crippen LogP contribution in [0.15, 0.2) is 42.5 Å². The van der Waals surface area contributed by atoms with Crippen molar-refractivity contribution < 1.29 is 23.1 Å². The summed E-state index contributed by atoms with van der Waals surface area (Å²) in [5.74, 6) is -1.63. The normalized spacial score (nSPS) is 18.1. The lowest BCUT2D eigenvalue weighted by molar-refractivity contribution is 0.0696. The van der Waals surface area contributed by atoms with Gasteiger partial charge in [-0.3, -0.25) is 4.79 Å². The van der Waals surface area contributed by atoms with Crippen molar-refractivity contribution in [1.29, 1.82) is 0 Å². The van der Waals surface area contributed by atoms with Gasteiger partial charge in [0.1, 0.15) is 0 Å². The van der Waals surface area contributed by atoms with Crippen molar-refractivity contribution in [3.63, 3.8) is 0 Å². The van der Waals surface area contributed by atoms with E-state index >= 15 is 0 Å². The zero-order valence-corrected chi connectivity index (χ0v) is 17.6. The van der Waals surface area contributed by atoms with Crippen LogP contribution in [-0.2, 0) is 16.4 Å². The number of hydrogen-bond acceptors (Lipinski definition) is 5. The van der Waals surface area contributed by atoms with Crippen LogP contribution in [0.25, 0.3) is 0 Å². The standard InChI is InChI=1S/C21H24N2O5S/c1-21(2)12-16-11-15(20(25)26)8-9-17(16)23(3)18(21)13-6-5-7-14(10-13)19(24)22-29(4,27)28/h5-11,18H,12H2,1-4H3,(H,22,24)(H,25,26). The van der Waals surface area contributed by atoms with Crippen molar-refractivity contribution in [3.8, 4) is 0 Å². The van der Waals surface area contributed by atoms with E-state index in [-0.39, 0.29) is 22.6 Å². The Bertz CT molecular complexity index is 1090. The fraction of sp³-hybridized carbons (Fsp3) is 0.333. The van der Waals surface area contributed by atoms with E-state index < -0.39 is 21.9 Å². The Morgan fingerprint density at radius 1 is 1.14 bits per heavy atom. The smallest absolute Gasteiger partial charge is 0.335 e. The van der Waals surface area contributed by atoms with Crippen molar-refractivity contribution in [2.24, 2.45) is 5.41 Å². The van der Waals surface area contributed by atoms with Crippen molar-refractivity contribution in [3.05, 3.63) is 64.7 Å². The van der Waals surface area contributed by atoms with Gasteiger partial charge in [-0.05, 0) is 53.3 Å². The number of nitrogens with one attached hydrogen (secondary N) is 1. The highest BCUT2D eigenvalue weighted by Crippen LogP contribution is 2.48. The number of benzene rings is 2. The third kappa shape index (κ3) is 4.27. The van der Waals surface area contributed by atoms with Gasteiger partial charge in [0.15, 0.2) is 0 Å². The average Bonchev–Trinajstić information content (AvgIpc) is 2.59. The fourth-order valence-electron chi connectivity index (χ4n) is 4.21. The Morgan fingerprint density at radius 2 is 1.83 bits per heavy atom. The maximum atomic E-state index is 12.3. The molecule has 0 radical (unpaired) electrons. The molecule has 0 saturated carbocycles. The molecule has 2 aromatic rings. The van der Waals surface area contributed by atoms with Gasteiger partial charge in [-0.1, -0.05) is 26.0 Å². The van der Waals surface area contributed by atoms with Crippen LogP contribution in [0.3, 0.4) is 0 Å². The Labute approximate surface area is 170 Å². The quantitative estimate of drug-likeness (QED) is 0.794. The van der Waals surface area contributed by atoms with E-state index in [2.05, 4.69) is 18.7 Å². The molecule has 1 unspecified atom stereocenters. The largest absolute Gasteiger partial charge is 0.478 e. The van der Waals surface area contributed by atoms with E-state index in [1.807, 2.05) is 17.8 Å². The van der Waals surface area contributed by atoms with E-state index in [4.69, 9.17) is 0 Å². The van der Waals surface area contributed by atoms with Gasteiger partial charge in [-0.15, -0.1) is 0 Å². The molecule has 0 spiro atoms. The molecule has 0 fully saturated rings. The van der Waals surface area contributed by atoms with E-state index in [0.717, 1.165) is 23.1 Å². The molecular formula is C21H24N2O5S. The molecule has 154 valence electrons. The molecule has 0 aliphatic carbocycles. The summed E-state index contributed by atoms with van der Waals surface area (Å²) in [6.45, 7) is 4.18. The minimum absolute atomic E-state index is 0.0864. The molecule has 0 aromatic heterocycles. The number of hydrogen-bond donors (Lipinski definition) is 2. The molecular weight excluding hydrogens is 392 g/mol. The van der Waals surface area contributed by atoms with Crippen LogP contribution in [0.2, 0.25) is 0 Å². The molecule has 7 nitrogen and oxygen atoms in total. The van der Waals surface area contributed by atoms with Crippen LogP contribution in [0.4, 0.5) is 5.69 Å². The van der Waals surface area contributed by atoms with Crippen molar-refractivity contribution in [2.75, 3.05) is 18.2 Å². The van der Waals surface area contributed by atoms with Gasteiger partial charge < -0.3 is 10.0 Å². The van der Waals surface area contributed by atoms with Gasteiger partial charge in [0.25, 0.3) is 5.91 Å². The Balaban J connectivity index is 2.02. The number of amides is 1. The summed E-state index contributed by atoms with van der Waals surface area (Å²) in [5, 5.41) is 9.28. The first-order valence-corrected chi connectivity index (χ1v) is 11.0. The van der Waals surface area contributed by atoms with Gasteiger partial charge in [0.05, 0.1) is 17.9 Å². The number of nitrogens with zero attached hydrogens (tertiary/aromatic N) is 1. The SMILES string of the molecule is CN1c2ccc(C(=O)O)cc2CC(C)(C)C1c1cccc(C(=O)NS(C)(=O)=O)c1. The summed E-state index contributed by atoms with van der Waals surface area (Å²) in [6.07, 6.45) is 1.60. The van der Waals surface area contributed by atoms with Gasteiger partial charge >= 0.3 is 5.97 Å². The molecule has 1 atom stereocenters. The first kappa shape index (κ1) is 20.9. The van der Waals surface area contributed by atoms with Crippen molar-refractivity contribution in [2.45, 2.75) is 26.3 Å². The monoisotopic (exact) mass is 416 g/mol. The summed E-state index contributed by atoms with van der Waals surface area (Å²) in [7, 11) is -1.71. The van der Waals surface area contributed by atoms with E-state index in [1.54, 1.807) is 36.4 Å². The first-order chi connectivity index (χ1) is 13.4. The van der Waals surface area contributed by atoms with Crippen LogP contribution in [-0.4, -0.2) is 38.7 Å². The number of anilines is 1. The third-order valence-corrected chi connectivity index (χ3v) is 5.78. The van der Waals surface area contributed by atoms with Gasteiger partial charge in [-0.2, -0.15) is 0 Å². The highest BCUT2D eigenvalue weighted by Gasteiger charge is 2.39. The maximum absolute atomic E-state index is 12.3. The summed E-state index contributed by atoms with van der Waals surface area (Å²) >= 11 is 0. The summed E-state index contributed by atoms with van der Waals surface area (Å²) in [5.41, 5.74) is 3.04. The molecule has 2 N–H and O–H groups in total. The molecule has 2 aromatic carbocycles. The Morgan fingerprint density at radius 3 is 2.45 bits per heavy atom. The van der Waals surface area contributed by atoms with Crippen LogP contribution in [0, 0.1) is 5.41 Å². The second-order valence-corrected chi connectivity index (χ2v) is 9.90. The zero-order valence-electron chi connectivity index (χ0n) is 16.8. The summed E-state index contributed by atoms with van der Waals surface area (Å²) in [6, 6.07) is 12.0. The molecule has 0 saturated heterocycles. The lowest BCUT2D eigenvalue weighted by Crippen LogP contribution is -2.42. The Hall–Kier alpha value is -2.87. The van der Waals surface area contributed by atoms with Crippen LogP contribution in [0.1, 0.15) is 51.7 Å². The van der Waals surface area contributed by atoms with E-state index in [9.17, 15) is 23.1 Å². The van der Waals surface area contributed by atoms with Crippen molar-refractivity contribution >= 4 is 27.6 Å². The topological polar surface area (TPSA) is 104 Å².